The van der Waals surface area contributed by atoms with Crippen molar-refractivity contribution < 1.29 is 8.42 Å². The van der Waals surface area contributed by atoms with E-state index >= 15 is 0 Å². The molecule has 0 spiro atoms. The fourth-order valence-electron chi connectivity index (χ4n) is 1.73. The Morgan fingerprint density at radius 3 is 2.52 bits per heavy atom. The Morgan fingerprint density at radius 1 is 1.19 bits per heavy atom. The number of nitrogens with zero attached hydrogens (tertiary/aromatic N) is 1. The Kier molecular flexibility index (Phi) is 4.04. The third kappa shape index (κ3) is 3.64. The largest absolute Gasteiger partial charge is 0.399 e. The molecule has 0 atom stereocenters. The maximum absolute atomic E-state index is 11.4. The number of halogens is 1. The third-order valence-electron chi connectivity index (χ3n) is 2.64. The smallest absolute Gasteiger partial charge is 0.238 e. The predicted molar refractivity (Wildman–Crippen MR) is 81.7 cm³/mol. The molecule has 0 fully saturated rings. The lowest BCUT2D eigenvalue weighted by Gasteiger charge is -2.11. The summed E-state index contributed by atoms with van der Waals surface area (Å²) in [6, 6.07) is 10.8. The van der Waals surface area contributed by atoms with Crippen LogP contribution in [0.15, 0.2) is 41.3 Å². The number of nitriles is 1. The van der Waals surface area contributed by atoms with Gasteiger partial charge < -0.3 is 11.1 Å². The number of sulfonamides is 1. The molecule has 0 saturated carbocycles. The summed E-state index contributed by atoms with van der Waals surface area (Å²) in [5.41, 5.74) is 7.07. The molecule has 6 nitrogen and oxygen atoms in total. The first-order valence-corrected chi connectivity index (χ1v) is 7.62. The molecule has 0 aliphatic rings. The summed E-state index contributed by atoms with van der Waals surface area (Å²) in [7, 11) is -3.88. The Morgan fingerprint density at radius 2 is 1.90 bits per heavy atom. The van der Waals surface area contributed by atoms with E-state index in [0.717, 1.165) is 0 Å². The quantitative estimate of drug-likeness (QED) is 0.747. The zero-order chi connectivity index (χ0) is 15.6. The zero-order valence-electron chi connectivity index (χ0n) is 10.7. The molecular formula is C13H11ClN4O2S. The first-order chi connectivity index (χ1) is 9.79. The monoisotopic (exact) mass is 322 g/mol. The van der Waals surface area contributed by atoms with E-state index in [1.807, 2.05) is 6.07 Å². The molecular weight excluding hydrogens is 312 g/mol. The summed E-state index contributed by atoms with van der Waals surface area (Å²) in [5, 5.41) is 17.5. The molecule has 0 unspecified atom stereocenters. The second-order valence-electron chi connectivity index (χ2n) is 4.26. The average molecular weight is 323 g/mol. The van der Waals surface area contributed by atoms with Crippen molar-refractivity contribution in [2.45, 2.75) is 4.90 Å². The van der Waals surface area contributed by atoms with Crippen molar-refractivity contribution in [2.24, 2.45) is 5.14 Å². The van der Waals surface area contributed by atoms with Gasteiger partial charge >= 0.3 is 0 Å². The number of benzene rings is 2. The fourth-order valence-corrected chi connectivity index (χ4v) is 2.50. The van der Waals surface area contributed by atoms with Gasteiger partial charge in [0, 0.05) is 16.4 Å². The molecule has 0 radical (unpaired) electrons. The topological polar surface area (TPSA) is 122 Å². The Hall–Kier alpha value is -2.27. The molecule has 0 aliphatic heterocycles. The molecule has 0 amide bonds. The van der Waals surface area contributed by atoms with E-state index in [-0.39, 0.29) is 10.6 Å². The SMILES string of the molecule is N#Cc1ccc(Cl)cc1Nc1cc(N)cc(S(N)(=O)=O)c1. The molecule has 2 aromatic rings. The van der Waals surface area contributed by atoms with Gasteiger partial charge in [-0.05, 0) is 36.4 Å². The van der Waals surface area contributed by atoms with Crippen molar-refractivity contribution in [1.29, 1.82) is 5.26 Å². The maximum Gasteiger partial charge on any atom is 0.238 e. The lowest BCUT2D eigenvalue weighted by molar-refractivity contribution is 0.598. The van der Waals surface area contributed by atoms with Crippen LogP contribution in [0.25, 0.3) is 0 Å². The van der Waals surface area contributed by atoms with Crippen LogP contribution in [-0.2, 0) is 10.0 Å². The van der Waals surface area contributed by atoms with Crippen LogP contribution in [-0.4, -0.2) is 8.42 Å². The van der Waals surface area contributed by atoms with Crippen LogP contribution >= 0.6 is 11.6 Å². The summed E-state index contributed by atoms with van der Waals surface area (Å²) in [5.74, 6) is 0. The molecule has 2 aromatic carbocycles. The Bertz CT molecular complexity index is 844. The van der Waals surface area contributed by atoms with Gasteiger partial charge in [-0.2, -0.15) is 5.26 Å². The van der Waals surface area contributed by atoms with E-state index in [0.29, 0.717) is 22.0 Å². The number of anilines is 3. The minimum absolute atomic E-state index is 0.120. The van der Waals surface area contributed by atoms with Crippen molar-refractivity contribution in [2.75, 3.05) is 11.1 Å². The van der Waals surface area contributed by atoms with Gasteiger partial charge in [0.1, 0.15) is 6.07 Å². The number of hydrogen-bond donors (Lipinski definition) is 3. The van der Waals surface area contributed by atoms with Crippen molar-refractivity contribution >= 4 is 38.7 Å². The lowest BCUT2D eigenvalue weighted by Crippen LogP contribution is -2.12. The van der Waals surface area contributed by atoms with Gasteiger partial charge in [-0.3, -0.25) is 0 Å². The minimum atomic E-state index is -3.88. The third-order valence-corrected chi connectivity index (χ3v) is 3.77. The van der Waals surface area contributed by atoms with Crippen LogP contribution in [0.5, 0.6) is 0 Å². The van der Waals surface area contributed by atoms with E-state index in [2.05, 4.69) is 5.32 Å². The number of nitrogen functional groups attached to an aromatic ring is 1. The molecule has 0 saturated heterocycles. The summed E-state index contributed by atoms with van der Waals surface area (Å²) in [6.07, 6.45) is 0. The molecule has 108 valence electrons. The van der Waals surface area contributed by atoms with Gasteiger partial charge in [0.05, 0.1) is 16.1 Å². The highest BCUT2D eigenvalue weighted by Gasteiger charge is 2.11. The van der Waals surface area contributed by atoms with Crippen LogP contribution in [0.4, 0.5) is 17.1 Å². The van der Waals surface area contributed by atoms with Crippen LogP contribution in [0.3, 0.4) is 0 Å². The van der Waals surface area contributed by atoms with Crippen LogP contribution in [0, 0.1) is 11.3 Å². The molecule has 21 heavy (non-hydrogen) atoms. The van der Waals surface area contributed by atoms with Crippen LogP contribution in [0.2, 0.25) is 5.02 Å². The summed E-state index contributed by atoms with van der Waals surface area (Å²) < 4.78 is 22.8. The highest BCUT2D eigenvalue weighted by Crippen LogP contribution is 2.27. The highest BCUT2D eigenvalue weighted by atomic mass is 35.5. The van der Waals surface area contributed by atoms with E-state index in [1.54, 1.807) is 18.2 Å². The molecule has 0 heterocycles. The number of nitrogens with one attached hydrogen (secondary N) is 1. The zero-order valence-corrected chi connectivity index (χ0v) is 12.2. The second-order valence-corrected chi connectivity index (χ2v) is 6.26. The molecule has 0 aromatic heterocycles. The van der Waals surface area contributed by atoms with Gasteiger partial charge in [-0.25, -0.2) is 13.6 Å². The van der Waals surface area contributed by atoms with Crippen molar-refractivity contribution in [3.05, 3.63) is 47.0 Å². The number of hydrogen-bond acceptors (Lipinski definition) is 5. The van der Waals surface area contributed by atoms with E-state index in [4.69, 9.17) is 27.7 Å². The predicted octanol–water partition coefficient (Wildman–Crippen LogP) is 2.18. The lowest BCUT2D eigenvalue weighted by atomic mass is 10.2. The molecule has 8 heteroatoms. The summed E-state index contributed by atoms with van der Waals surface area (Å²) in [6.45, 7) is 0. The normalized spacial score (nSPS) is 10.9. The number of nitrogens with two attached hydrogens (primary N) is 2. The Labute approximate surface area is 127 Å². The second kappa shape index (κ2) is 5.61. The van der Waals surface area contributed by atoms with Crippen LogP contribution in [0.1, 0.15) is 5.56 Å². The number of primary sulfonamides is 1. The van der Waals surface area contributed by atoms with Gasteiger partial charge in [0.15, 0.2) is 0 Å². The average Bonchev–Trinajstić information content (AvgIpc) is 2.37. The minimum Gasteiger partial charge on any atom is -0.399 e. The summed E-state index contributed by atoms with van der Waals surface area (Å²) >= 11 is 5.89. The fraction of sp³-hybridized carbons (Fsp3) is 0. The maximum atomic E-state index is 11.4. The van der Waals surface area contributed by atoms with Gasteiger partial charge in [0.2, 0.25) is 10.0 Å². The number of rotatable bonds is 3. The highest BCUT2D eigenvalue weighted by molar-refractivity contribution is 7.89. The van der Waals surface area contributed by atoms with Crippen LogP contribution < -0.4 is 16.2 Å². The standard InChI is InChI=1S/C13H11ClN4O2S/c14-9-2-1-8(7-15)13(3-9)18-11-4-10(16)5-12(6-11)21(17,19)20/h1-6,18H,16H2,(H2,17,19,20). The van der Waals surface area contributed by atoms with Crippen molar-refractivity contribution in [3.8, 4) is 6.07 Å². The molecule has 0 bridgehead atoms. The van der Waals surface area contributed by atoms with Crippen molar-refractivity contribution in [1.82, 2.24) is 0 Å². The van der Waals surface area contributed by atoms with Crippen molar-refractivity contribution in [3.63, 3.8) is 0 Å². The Balaban J connectivity index is 2.48. The van der Waals surface area contributed by atoms with E-state index < -0.39 is 10.0 Å². The molecule has 5 N–H and O–H groups in total. The van der Waals surface area contributed by atoms with E-state index in [1.165, 1.54) is 18.2 Å². The first-order valence-electron chi connectivity index (χ1n) is 5.69. The summed E-state index contributed by atoms with van der Waals surface area (Å²) in [4.78, 5) is -0.120. The van der Waals surface area contributed by atoms with Gasteiger partial charge in [-0.15, -0.1) is 0 Å². The molecule has 2 rings (SSSR count). The first kappa shape index (κ1) is 15.1. The van der Waals surface area contributed by atoms with Gasteiger partial charge in [-0.1, -0.05) is 11.6 Å². The van der Waals surface area contributed by atoms with Gasteiger partial charge in [0.25, 0.3) is 0 Å². The molecule has 0 aliphatic carbocycles. The van der Waals surface area contributed by atoms with E-state index in [9.17, 15) is 8.42 Å².